The van der Waals surface area contributed by atoms with Crippen LogP contribution in [0.25, 0.3) is 0 Å². The Labute approximate surface area is 364 Å². The van der Waals surface area contributed by atoms with E-state index < -0.39 is 167 Å². The second-order valence-electron chi connectivity index (χ2n) is 11.5. The van der Waals surface area contributed by atoms with Gasteiger partial charge in [-0.3, -0.25) is 67.9 Å². The van der Waals surface area contributed by atoms with E-state index in [-0.39, 0.29) is 19.6 Å². The molecule has 33 nitrogen and oxygen atoms in total. The molecular formula is C22H54FNO32P8. The minimum atomic E-state index is -4.92. The largest absolute Gasteiger partial charge is 0.472 e. The summed E-state index contributed by atoms with van der Waals surface area (Å²) in [5, 5.41) is 0. The third-order valence-electron chi connectivity index (χ3n) is 6.50. The molecule has 0 radical (unpaired) electrons. The lowest BCUT2D eigenvalue weighted by atomic mass is 10.1. The SMILES string of the molecule is CCC(CNF)COP(=O)(O)OCCOP(=O)(O)OCCOP(=O)(O)OCCOP(=O)(O)OCCOP(=O)(O)OCCOP(=O)(O)OCCOP(=O)(O)OCC(CC)COP(=O)(O)O. The van der Waals surface area contributed by atoms with E-state index in [1.165, 1.54) is 5.54 Å². The van der Waals surface area contributed by atoms with Crippen LogP contribution in [0.2, 0.25) is 0 Å². The van der Waals surface area contributed by atoms with Crippen LogP contribution in [0.1, 0.15) is 26.7 Å². The molecule has 0 heterocycles. The lowest BCUT2D eigenvalue weighted by Gasteiger charge is -2.18. The van der Waals surface area contributed by atoms with Gasteiger partial charge in [0.15, 0.2) is 0 Å². The second kappa shape index (κ2) is 31.9. The van der Waals surface area contributed by atoms with Gasteiger partial charge in [0.1, 0.15) is 0 Å². The van der Waals surface area contributed by atoms with Crippen LogP contribution >= 0.6 is 62.6 Å². The van der Waals surface area contributed by atoms with Gasteiger partial charge in [-0.25, -0.2) is 36.5 Å². The zero-order valence-electron chi connectivity index (χ0n) is 33.8. The van der Waals surface area contributed by atoms with Crippen molar-refractivity contribution in [3.8, 4) is 0 Å². The summed E-state index contributed by atoms with van der Waals surface area (Å²) in [5.41, 5.74) is 1.39. The molecule has 0 aromatic carbocycles. The van der Waals surface area contributed by atoms with E-state index in [1.807, 2.05) is 0 Å². The third kappa shape index (κ3) is 37.6. The molecule has 0 saturated carbocycles. The number of halogens is 1. The highest BCUT2D eigenvalue weighted by Crippen LogP contribution is 2.50. The van der Waals surface area contributed by atoms with Crippen molar-refractivity contribution in [3.05, 3.63) is 0 Å². The van der Waals surface area contributed by atoms with Crippen LogP contribution in [0.4, 0.5) is 4.48 Å². The predicted octanol–water partition coefficient (Wildman–Crippen LogP) is 2.56. The first-order valence-electron chi connectivity index (χ1n) is 17.7. The zero-order valence-corrected chi connectivity index (χ0v) is 40.9. The Bertz CT molecular complexity index is 1710. The van der Waals surface area contributed by atoms with Crippen molar-refractivity contribution in [2.45, 2.75) is 26.7 Å². The highest BCUT2D eigenvalue weighted by molar-refractivity contribution is 7.49. The molecule has 0 aromatic rings. The Morgan fingerprint density at radius 1 is 0.344 bits per heavy atom. The average Bonchev–Trinajstić information content (AvgIpc) is 3.17. The van der Waals surface area contributed by atoms with Crippen molar-refractivity contribution in [1.29, 1.82) is 0 Å². The molecule has 0 aromatic heterocycles. The van der Waals surface area contributed by atoms with Crippen LogP contribution in [-0.4, -0.2) is 150 Å². The third-order valence-corrected chi connectivity index (χ3v) is 14.0. The molecule has 0 fully saturated rings. The number of hydrogen-bond acceptors (Lipinski definition) is 24. The first kappa shape index (κ1) is 64.8. The molecule has 9 atom stereocenters. The molecule has 386 valence electrons. The lowest BCUT2D eigenvalue weighted by Crippen LogP contribution is -2.20. The van der Waals surface area contributed by atoms with E-state index in [4.69, 9.17) is 9.79 Å². The smallest absolute Gasteiger partial charge is 0.303 e. The maximum Gasteiger partial charge on any atom is 0.472 e. The fraction of sp³-hybridized carbons (Fsp3) is 1.00. The molecule has 0 aliphatic heterocycles. The van der Waals surface area contributed by atoms with Crippen molar-refractivity contribution in [1.82, 2.24) is 5.54 Å². The Balaban J connectivity index is 4.25. The summed E-state index contributed by atoms with van der Waals surface area (Å²) in [6.07, 6.45) is 0.643. The van der Waals surface area contributed by atoms with Gasteiger partial charge in [-0.2, -0.15) is 5.54 Å². The standard InChI is InChI=1S/C22H54FNO32P8/c1-3-21(17-24-23)18-55-63(38,39)52-15-13-50-61(34,35)48-11-9-46-59(30,31)44-7-5-42-58(28,29)43-6-8-45-60(32,33)47-10-12-49-62(36,37)51-14-16-53-64(40,41)56-20-22(4-2)19-54-57(25,26)27/h21-22,24H,3-20H2,1-2H3,(H,28,29)(H,30,31)(H,32,33)(H,34,35)(H,36,37)(H,38,39)(H,40,41)(H2,25,26,27). The fourth-order valence-corrected chi connectivity index (χ4v) is 8.80. The van der Waals surface area contributed by atoms with E-state index in [0.29, 0.717) is 6.42 Å². The predicted molar refractivity (Wildman–Crippen MR) is 207 cm³/mol. The van der Waals surface area contributed by atoms with Gasteiger partial charge in [0.05, 0.1) is 99.1 Å². The number of rotatable bonds is 43. The van der Waals surface area contributed by atoms with Crippen LogP contribution in [0, 0.1) is 11.8 Å². The molecule has 10 N–H and O–H groups in total. The Kier molecular flexibility index (Phi) is 32.3. The van der Waals surface area contributed by atoms with Crippen LogP contribution in [-0.2, 0) is 104 Å². The van der Waals surface area contributed by atoms with Gasteiger partial charge < -0.3 is 44.0 Å². The molecule has 0 bridgehead atoms. The molecule has 0 rings (SSSR count). The van der Waals surface area contributed by atoms with Crippen molar-refractivity contribution in [2.24, 2.45) is 11.8 Å². The number of phosphoric acid groups is 8. The summed E-state index contributed by atoms with van der Waals surface area (Å²) in [5.74, 6) is -1.16. The minimum Gasteiger partial charge on any atom is -0.303 e. The molecule has 0 amide bonds. The summed E-state index contributed by atoms with van der Waals surface area (Å²) in [7, 11) is -38.6. The number of nitrogens with one attached hydrogen (secondary N) is 1. The van der Waals surface area contributed by atoms with Gasteiger partial charge in [-0.15, -0.1) is 4.48 Å². The van der Waals surface area contributed by atoms with Crippen molar-refractivity contribution < 1.29 is 153 Å². The number of phosphoric ester groups is 8. The Morgan fingerprint density at radius 3 is 0.719 bits per heavy atom. The highest BCUT2D eigenvalue weighted by atomic mass is 31.2. The Morgan fingerprint density at radius 2 is 0.531 bits per heavy atom. The summed E-state index contributed by atoms with van der Waals surface area (Å²) < 4.78 is 174. The molecule has 42 heteroatoms. The van der Waals surface area contributed by atoms with E-state index in [0.717, 1.165) is 0 Å². The van der Waals surface area contributed by atoms with Crippen LogP contribution in [0.3, 0.4) is 0 Å². The van der Waals surface area contributed by atoms with E-state index >= 15 is 0 Å². The van der Waals surface area contributed by atoms with Gasteiger partial charge in [-0.05, 0) is 18.8 Å². The average molecular weight is 1110 g/mol. The molecule has 0 saturated heterocycles. The van der Waals surface area contributed by atoms with Gasteiger partial charge in [0.2, 0.25) is 0 Å². The summed E-state index contributed by atoms with van der Waals surface area (Å²) >= 11 is 0. The molecule has 0 aliphatic carbocycles. The highest BCUT2D eigenvalue weighted by Gasteiger charge is 2.30. The zero-order chi connectivity index (χ0) is 49.2. The van der Waals surface area contributed by atoms with E-state index in [1.54, 1.807) is 13.8 Å². The maximum atomic E-state index is 12.2. The molecule has 9 unspecified atom stereocenters. The fourth-order valence-electron chi connectivity index (χ4n) is 3.41. The molecule has 0 spiro atoms. The normalized spacial score (nSPS) is 20.1. The van der Waals surface area contributed by atoms with Gasteiger partial charge in [0.25, 0.3) is 0 Å². The minimum absolute atomic E-state index is 0.148. The van der Waals surface area contributed by atoms with Gasteiger partial charge in [0, 0.05) is 12.5 Å². The first-order chi connectivity index (χ1) is 29.4. The van der Waals surface area contributed by atoms with Gasteiger partial charge >= 0.3 is 62.6 Å². The monoisotopic (exact) mass is 1110 g/mol. The van der Waals surface area contributed by atoms with E-state index in [9.17, 15) is 75.3 Å². The molecule has 0 aliphatic rings. The summed E-state index contributed by atoms with van der Waals surface area (Å²) in [4.78, 5) is 85.0. The topological polar surface area (TPSA) is 469 Å². The summed E-state index contributed by atoms with van der Waals surface area (Å²) in [6, 6.07) is 0. The van der Waals surface area contributed by atoms with Gasteiger partial charge in [-0.1, -0.05) is 13.8 Å². The quantitative estimate of drug-likeness (QED) is 0.0238. The van der Waals surface area contributed by atoms with Crippen LogP contribution in [0.5, 0.6) is 0 Å². The number of hydrogen-bond donors (Lipinski definition) is 10. The molecule has 64 heavy (non-hydrogen) atoms. The van der Waals surface area contributed by atoms with Crippen molar-refractivity contribution in [2.75, 3.05) is 106 Å². The van der Waals surface area contributed by atoms with Crippen LogP contribution in [0.15, 0.2) is 0 Å². The van der Waals surface area contributed by atoms with E-state index in [2.05, 4.69) is 67.9 Å². The van der Waals surface area contributed by atoms with Crippen LogP contribution < -0.4 is 5.54 Å². The molecular weight excluding hydrogens is 1060 g/mol. The van der Waals surface area contributed by atoms with Crippen molar-refractivity contribution >= 4 is 62.6 Å². The maximum absolute atomic E-state index is 12.2. The second-order valence-corrected chi connectivity index (χ2v) is 23.0. The Hall–Kier alpha value is 0.770. The first-order valence-corrected chi connectivity index (χ1v) is 29.7. The van der Waals surface area contributed by atoms with Crippen molar-refractivity contribution in [3.63, 3.8) is 0 Å². The summed E-state index contributed by atoms with van der Waals surface area (Å²) in [6.45, 7) is -8.15. The lowest BCUT2D eigenvalue weighted by molar-refractivity contribution is 0.0711.